The van der Waals surface area contributed by atoms with Gasteiger partial charge in [0, 0.05) is 12.3 Å². The van der Waals surface area contributed by atoms with Crippen molar-refractivity contribution in [2.24, 2.45) is 11.8 Å². The highest BCUT2D eigenvalue weighted by Gasteiger charge is 2.50. The summed E-state index contributed by atoms with van der Waals surface area (Å²) in [6.07, 6.45) is 8.68. The minimum Gasteiger partial charge on any atom is -0.466 e. The second-order valence-corrected chi connectivity index (χ2v) is 5.22. The standard InChI is InChI=1S/C14H18O3/c15-11-6-1-4-10-5-2-8-14(16,13(10)11)12-7-3-9-17-12/h2-3,5,7,9-11,13,15-16H,1,4,6,8H2/t10-,11+,13-,14+/m0/s1. The first-order chi connectivity index (χ1) is 8.22. The van der Waals surface area contributed by atoms with E-state index in [2.05, 4.69) is 6.08 Å². The maximum absolute atomic E-state index is 10.9. The monoisotopic (exact) mass is 234 g/mol. The van der Waals surface area contributed by atoms with Gasteiger partial charge in [-0.25, -0.2) is 0 Å². The van der Waals surface area contributed by atoms with Gasteiger partial charge in [0.1, 0.15) is 11.4 Å². The lowest BCUT2D eigenvalue weighted by atomic mass is 9.64. The summed E-state index contributed by atoms with van der Waals surface area (Å²) in [6, 6.07) is 3.59. The van der Waals surface area contributed by atoms with E-state index in [1.807, 2.05) is 6.08 Å². The smallest absolute Gasteiger partial charge is 0.136 e. The minimum atomic E-state index is -1.04. The number of rotatable bonds is 1. The Kier molecular flexibility index (Phi) is 2.60. The van der Waals surface area contributed by atoms with Crippen LogP contribution in [0.15, 0.2) is 35.0 Å². The topological polar surface area (TPSA) is 53.6 Å². The van der Waals surface area contributed by atoms with E-state index in [-0.39, 0.29) is 11.8 Å². The lowest BCUT2D eigenvalue weighted by Crippen LogP contribution is -2.48. The highest BCUT2D eigenvalue weighted by atomic mass is 16.4. The Labute approximate surface area is 101 Å². The molecule has 2 aliphatic rings. The van der Waals surface area contributed by atoms with Gasteiger partial charge in [-0.2, -0.15) is 0 Å². The Hall–Kier alpha value is -1.06. The quantitative estimate of drug-likeness (QED) is 0.732. The molecule has 1 aromatic heterocycles. The second-order valence-electron chi connectivity index (χ2n) is 5.22. The van der Waals surface area contributed by atoms with Gasteiger partial charge in [-0.1, -0.05) is 18.6 Å². The van der Waals surface area contributed by atoms with Gasteiger partial charge in [0.05, 0.1) is 12.4 Å². The van der Waals surface area contributed by atoms with E-state index in [0.717, 1.165) is 19.3 Å². The maximum atomic E-state index is 10.9. The molecule has 1 heterocycles. The number of fused-ring (bicyclic) bond motifs is 1. The van der Waals surface area contributed by atoms with E-state index < -0.39 is 11.7 Å². The van der Waals surface area contributed by atoms with Crippen LogP contribution in [0.1, 0.15) is 31.4 Å². The van der Waals surface area contributed by atoms with Crippen LogP contribution in [0, 0.1) is 11.8 Å². The fourth-order valence-corrected chi connectivity index (χ4v) is 3.44. The molecule has 3 nitrogen and oxygen atoms in total. The summed E-state index contributed by atoms with van der Waals surface area (Å²) in [5.74, 6) is 0.716. The van der Waals surface area contributed by atoms with Crippen LogP contribution in [-0.2, 0) is 5.60 Å². The molecule has 2 N–H and O–H groups in total. The number of hydrogen-bond donors (Lipinski definition) is 2. The third kappa shape index (κ3) is 1.65. The van der Waals surface area contributed by atoms with Crippen LogP contribution in [0.25, 0.3) is 0 Å². The SMILES string of the molecule is O[C@@H]1CCC[C@H]2C=CC[C@@](O)(c3ccco3)[C@H]12. The molecular formula is C14H18O3. The molecule has 92 valence electrons. The minimum absolute atomic E-state index is 0.132. The van der Waals surface area contributed by atoms with Crippen LogP contribution < -0.4 is 0 Å². The van der Waals surface area contributed by atoms with Crippen molar-refractivity contribution in [2.75, 3.05) is 0 Å². The van der Waals surface area contributed by atoms with Crippen LogP contribution in [0.4, 0.5) is 0 Å². The summed E-state index contributed by atoms with van der Waals surface area (Å²) in [5, 5.41) is 21.1. The predicted octanol–water partition coefficient (Wildman–Crippen LogP) is 2.20. The molecule has 2 aliphatic carbocycles. The van der Waals surface area contributed by atoms with Gasteiger partial charge in [-0.15, -0.1) is 0 Å². The highest BCUT2D eigenvalue weighted by Crippen LogP contribution is 2.48. The van der Waals surface area contributed by atoms with E-state index in [0.29, 0.717) is 12.2 Å². The van der Waals surface area contributed by atoms with Crippen LogP contribution in [0.2, 0.25) is 0 Å². The number of furan rings is 1. The molecule has 17 heavy (non-hydrogen) atoms. The van der Waals surface area contributed by atoms with Crippen molar-refractivity contribution in [2.45, 2.75) is 37.4 Å². The van der Waals surface area contributed by atoms with Gasteiger partial charge in [0.2, 0.25) is 0 Å². The third-order valence-corrected chi connectivity index (χ3v) is 4.22. The van der Waals surface area contributed by atoms with Crippen LogP contribution >= 0.6 is 0 Å². The fraction of sp³-hybridized carbons (Fsp3) is 0.571. The Morgan fingerprint density at radius 3 is 3.00 bits per heavy atom. The van der Waals surface area contributed by atoms with Crippen molar-refractivity contribution >= 4 is 0 Å². The molecule has 4 atom stereocenters. The number of aliphatic hydroxyl groups excluding tert-OH is 1. The first-order valence-electron chi connectivity index (χ1n) is 6.33. The van der Waals surface area contributed by atoms with Gasteiger partial charge >= 0.3 is 0 Å². The van der Waals surface area contributed by atoms with Gasteiger partial charge in [-0.3, -0.25) is 0 Å². The molecule has 1 saturated carbocycles. The van der Waals surface area contributed by atoms with Crippen molar-refractivity contribution in [1.82, 2.24) is 0 Å². The first kappa shape index (κ1) is 11.1. The summed E-state index contributed by atoms with van der Waals surface area (Å²) in [5.41, 5.74) is -1.04. The summed E-state index contributed by atoms with van der Waals surface area (Å²) < 4.78 is 5.38. The molecule has 0 aromatic carbocycles. The molecule has 0 aliphatic heterocycles. The molecule has 0 unspecified atom stereocenters. The molecular weight excluding hydrogens is 216 g/mol. The van der Waals surface area contributed by atoms with E-state index in [1.54, 1.807) is 18.4 Å². The number of hydrogen-bond acceptors (Lipinski definition) is 3. The summed E-state index contributed by atoms with van der Waals surface area (Å²) in [7, 11) is 0. The van der Waals surface area contributed by atoms with Crippen molar-refractivity contribution in [3.05, 3.63) is 36.3 Å². The van der Waals surface area contributed by atoms with Crippen molar-refractivity contribution in [1.29, 1.82) is 0 Å². The Balaban J connectivity index is 2.01. The summed E-state index contributed by atoms with van der Waals surface area (Å²) >= 11 is 0. The summed E-state index contributed by atoms with van der Waals surface area (Å²) in [4.78, 5) is 0. The van der Waals surface area contributed by atoms with Crippen molar-refractivity contribution < 1.29 is 14.6 Å². The van der Waals surface area contributed by atoms with E-state index in [4.69, 9.17) is 4.42 Å². The Morgan fingerprint density at radius 1 is 1.35 bits per heavy atom. The summed E-state index contributed by atoms with van der Waals surface area (Å²) in [6.45, 7) is 0. The largest absolute Gasteiger partial charge is 0.466 e. The molecule has 3 rings (SSSR count). The number of aliphatic hydroxyl groups is 2. The zero-order chi connectivity index (χ0) is 11.9. The van der Waals surface area contributed by atoms with Crippen LogP contribution in [0.5, 0.6) is 0 Å². The molecule has 0 radical (unpaired) electrons. The van der Waals surface area contributed by atoms with Gasteiger partial charge in [-0.05, 0) is 30.9 Å². The second kappa shape index (κ2) is 4.00. The van der Waals surface area contributed by atoms with E-state index >= 15 is 0 Å². The van der Waals surface area contributed by atoms with Crippen LogP contribution in [0.3, 0.4) is 0 Å². The zero-order valence-electron chi connectivity index (χ0n) is 9.75. The van der Waals surface area contributed by atoms with Crippen molar-refractivity contribution in [3.63, 3.8) is 0 Å². The predicted molar refractivity (Wildman–Crippen MR) is 63.2 cm³/mol. The van der Waals surface area contributed by atoms with Gasteiger partial charge in [0.15, 0.2) is 0 Å². The Morgan fingerprint density at radius 2 is 2.24 bits per heavy atom. The molecule has 0 saturated heterocycles. The van der Waals surface area contributed by atoms with Gasteiger partial charge in [0.25, 0.3) is 0 Å². The molecule has 3 heteroatoms. The maximum Gasteiger partial charge on any atom is 0.136 e. The Bertz CT molecular complexity index is 409. The highest BCUT2D eigenvalue weighted by molar-refractivity contribution is 5.20. The molecule has 0 spiro atoms. The molecule has 1 fully saturated rings. The van der Waals surface area contributed by atoms with Crippen LogP contribution in [-0.4, -0.2) is 16.3 Å². The zero-order valence-corrected chi connectivity index (χ0v) is 9.75. The lowest BCUT2D eigenvalue weighted by molar-refractivity contribution is -0.123. The molecule has 1 aromatic rings. The van der Waals surface area contributed by atoms with Crippen molar-refractivity contribution in [3.8, 4) is 0 Å². The average molecular weight is 234 g/mol. The normalized spacial score (nSPS) is 41.2. The van der Waals surface area contributed by atoms with Gasteiger partial charge < -0.3 is 14.6 Å². The fourth-order valence-electron chi connectivity index (χ4n) is 3.44. The number of allylic oxidation sites excluding steroid dienone is 1. The third-order valence-electron chi connectivity index (χ3n) is 4.22. The average Bonchev–Trinajstić information content (AvgIpc) is 2.83. The van der Waals surface area contributed by atoms with E-state index in [9.17, 15) is 10.2 Å². The van der Waals surface area contributed by atoms with E-state index in [1.165, 1.54) is 0 Å². The molecule has 0 bridgehead atoms. The molecule has 0 amide bonds. The first-order valence-corrected chi connectivity index (χ1v) is 6.33. The lowest BCUT2D eigenvalue weighted by Gasteiger charge is -2.45.